The fourth-order valence-corrected chi connectivity index (χ4v) is 1.79. The maximum Gasteiger partial charge on any atom is 0.242 e. The average molecular weight is 254 g/mol. The zero-order chi connectivity index (χ0) is 13.5. The van der Waals surface area contributed by atoms with Gasteiger partial charge < -0.3 is 10.6 Å². The summed E-state index contributed by atoms with van der Waals surface area (Å²) < 4.78 is 0. The van der Waals surface area contributed by atoms with E-state index in [1.165, 1.54) is 0 Å². The number of para-hydroxylation sites is 1. The van der Waals surface area contributed by atoms with Gasteiger partial charge in [0.1, 0.15) is 6.04 Å². The minimum absolute atomic E-state index is 0.00675. The van der Waals surface area contributed by atoms with Crippen molar-refractivity contribution in [2.45, 2.75) is 19.5 Å². The van der Waals surface area contributed by atoms with Gasteiger partial charge in [-0.05, 0) is 24.6 Å². The lowest BCUT2D eigenvalue weighted by molar-refractivity contribution is -0.121. The van der Waals surface area contributed by atoms with Gasteiger partial charge >= 0.3 is 0 Å². The Morgan fingerprint density at radius 1 is 1.00 bits per heavy atom. The van der Waals surface area contributed by atoms with Crippen LogP contribution in [-0.2, 0) is 11.3 Å². The van der Waals surface area contributed by atoms with Crippen molar-refractivity contribution in [1.29, 1.82) is 0 Å². The third-order valence-electron chi connectivity index (χ3n) is 2.86. The Labute approximate surface area is 113 Å². The maximum atomic E-state index is 11.9. The average Bonchev–Trinajstić information content (AvgIpc) is 2.47. The highest BCUT2D eigenvalue weighted by Crippen LogP contribution is 2.07. The standard InChI is InChI=1S/C16H18N2O/c1-13(18-15-10-6-3-7-11-15)16(19)17-12-14-8-4-2-5-9-14/h2-11,13,18H,12H2,1H3,(H,17,19). The summed E-state index contributed by atoms with van der Waals surface area (Å²) >= 11 is 0. The van der Waals surface area contributed by atoms with E-state index in [0.29, 0.717) is 6.54 Å². The molecule has 0 bridgehead atoms. The fourth-order valence-electron chi connectivity index (χ4n) is 1.79. The zero-order valence-electron chi connectivity index (χ0n) is 11.0. The van der Waals surface area contributed by atoms with E-state index in [-0.39, 0.29) is 11.9 Å². The van der Waals surface area contributed by atoms with Gasteiger partial charge in [-0.3, -0.25) is 4.79 Å². The van der Waals surface area contributed by atoms with Crippen LogP contribution in [0.2, 0.25) is 0 Å². The third-order valence-corrected chi connectivity index (χ3v) is 2.86. The molecule has 1 atom stereocenters. The van der Waals surface area contributed by atoms with Crippen LogP contribution >= 0.6 is 0 Å². The fraction of sp³-hybridized carbons (Fsp3) is 0.188. The second kappa shape index (κ2) is 6.59. The van der Waals surface area contributed by atoms with Gasteiger partial charge in [0.15, 0.2) is 0 Å². The van der Waals surface area contributed by atoms with E-state index in [9.17, 15) is 4.79 Å². The minimum atomic E-state index is -0.258. The smallest absolute Gasteiger partial charge is 0.242 e. The number of hydrogen-bond acceptors (Lipinski definition) is 2. The van der Waals surface area contributed by atoms with Crippen LogP contribution in [0.4, 0.5) is 5.69 Å². The molecule has 3 nitrogen and oxygen atoms in total. The molecule has 98 valence electrons. The normalized spacial score (nSPS) is 11.6. The molecule has 3 heteroatoms. The Kier molecular flexibility index (Phi) is 4.56. The van der Waals surface area contributed by atoms with Gasteiger partial charge in [0.2, 0.25) is 5.91 Å². The molecule has 2 N–H and O–H groups in total. The molecule has 0 aromatic heterocycles. The molecule has 1 unspecified atom stereocenters. The predicted molar refractivity (Wildman–Crippen MR) is 77.8 cm³/mol. The first-order valence-corrected chi connectivity index (χ1v) is 6.39. The summed E-state index contributed by atoms with van der Waals surface area (Å²) in [6.07, 6.45) is 0. The number of nitrogens with one attached hydrogen (secondary N) is 2. The second-order valence-electron chi connectivity index (χ2n) is 4.44. The van der Waals surface area contributed by atoms with Crippen molar-refractivity contribution in [2.24, 2.45) is 0 Å². The monoisotopic (exact) mass is 254 g/mol. The molecule has 0 aliphatic rings. The molecular weight excluding hydrogens is 236 g/mol. The van der Waals surface area contributed by atoms with Crippen LogP contribution in [0, 0.1) is 0 Å². The van der Waals surface area contributed by atoms with Gasteiger partial charge in [-0.25, -0.2) is 0 Å². The lowest BCUT2D eigenvalue weighted by atomic mass is 10.2. The van der Waals surface area contributed by atoms with Crippen LogP contribution in [0.1, 0.15) is 12.5 Å². The number of amides is 1. The van der Waals surface area contributed by atoms with Crippen LogP contribution in [-0.4, -0.2) is 11.9 Å². The number of rotatable bonds is 5. The van der Waals surface area contributed by atoms with E-state index < -0.39 is 0 Å². The van der Waals surface area contributed by atoms with E-state index in [0.717, 1.165) is 11.3 Å². The molecule has 2 aromatic rings. The molecule has 2 rings (SSSR count). The highest BCUT2D eigenvalue weighted by molar-refractivity contribution is 5.84. The summed E-state index contributed by atoms with van der Waals surface area (Å²) in [5.41, 5.74) is 2.05. The predicted octanol–water partition coefficient (Wildman–Crippen LogP) is 2.80. The molecule has 0 aliphatic heterocycles. The Bertz CT molecular complexity index is 511. The topological polar surface area (TPSA) is 41.1 Å². The Morgan fingerprint density at radius 2 is 1.58 bits per heavy atom. The molecule has 0 saturated carbocycles. The highest BCUT2D eigenvalue weighted by atomic mass is 16.2. The maximum absolute atomic E-state index is 11.9. The SMILES string of the molecule is CC(Nc1ccccc1)C(=O)NCc1ccccc1. The lowest BCUT2D eigenvalue weighted by Gasteiger charge is -2.15. The summed E-state index contributed by atoms with van der Waals surface area (Å²) in [5.74, 6) is -0.00675. The zero-order valence-corrected chi connectivity index (χ0v) is 11.0. The van der Waals surface area contributed by atoms with Gasteiger partial charge in [-0.15, -0.1) is 0 Å². The van der Waals surface area contributed by atoms with Gasteiger partial charge in [0, 0.05) is 12.2 Å². The lowest BCUT2D eigenvalue weighted by Crippen LogP contribution is -2.37. The van der Waals surface area contributed by atoms with Crippen LogP contribution in [0.5, 0.6) is 0 Å². The van der Waals surface area contributed by atoms with Gasteiger partial charge in [-0.1, -0.05) is 48.5 Å². The first-order chi connectivity index (χ1) is 9.25. The molecule has 0 fully saturated rings. The van der Waals surface area contributed by atoms with Crippen LogP contribution in [0.25, 0.3) is 0 Å². The van der Waals surface area contributed by atoms with Crippen molar-refractivity contribution in [3.63, 3.8) is 0 Å². The molecule has 1 amide bonds. The minimum Gasteiger partial charge on any atom is -0.374 e. The molecule has 19 heavy (non-hydrogen) atoms. The largest absolute Gasteiger partial charge is 0.374 e. The third kappa shape index (κ3) is 4.14. The van der Waals surface area contributed by atoms with Gasteiger partial charge in [0.25, 0.3) is 0 Å². The van der Waals surface area contributed by atoms with Gasteiger partial charge in [0.05, 0.1) is 0 Å². The van der Waals surface area contributed by atoms with Crippen molar-refractivity contribution < 1.29 is 4.79 Å². The molecule has 0 heterocycles. The molecular formula is C16H18N2O. The number of hydrogen-bond donors (Lipinski definition) is 2. The number of carbonyl (C=O) groups is 1. The van der Waals surface area contributed by atoms with Crippen molar-refractivity contribution in [3.8, 4) is 0 Å². The second-order valence-corrected chi connectivity index (χ2v) is 4.44. The number of benzene rings is 2. The molecule has 0 spiro atoms. The first-order valence-electron chi connectivity index (χ1n) is 6.39. The molecule has 0 radical (unpaired) electrons. The highest BCUT2D eigenvalue weighted by Gasteiger charge is 2.11. The van der Waals surface area contributed by atoms with Crippen LogP contribution in [0.15, 0.2) is 60.7 Å². The van der Waals surface area contributed by atoms with Crippen molar-refractivity contribution in [1.82, 2.24) is 5.32 Å². The summed E-state index contributed by atoms with van der Waals surface area (Å²) in [4.78, 5) is 11.9. The summed E-state index contributed by atoms with van der Waals surface area (Å²) in [5, 5.41) is 6.08. The van der Waals surface area contributed by atoms with Crippen LogP contribution in [0.3, 0.4) is 0 Å². The van der Waals surface area contributed by atoms with E-state index >= 15 is 0 Å². The van der Waals surface area contributed by atoms with E-state index in [1.807, 2.05) is 67.6 Å². The van der Waals surface area contributed by atoms with Crippen LogP contribution < -0.4 is 10.6 Å². The molecule has 0 aliphatic carbocycles. The summed E-state index contributed by atoms with van der Waals surface area (Å²) in [6.45, 7) is 2.41. The summed E-state index contributed by atoms with van der Waals surface area (Å²) in [6, 6.07) is 19.4. The van der Waals surface area contributed by atoms with Crippen molar-refractivity contribution >= 4 is 11.6 Å². The summed E-state index contributed by atoms with van der Waals surface area (Å²) in [7, 11) is 0. The van der Waals surface area contributed by atoms with Crippen molar-refractivity contribution in [3.05, 3.63) is 66.2 Å². The van der Waals surface area contributed by atoms with E-state index in [2.05, 4.69) is 10.6 Å². The molecule has 0 saturated heterocycles. The van der Waals surface area contributed by atoms with E-state index in [4.69, 9.17) is 0 Å². The number of carbonyl (C=O) groups excluding carboxylic acids is 1. The van der Waals surface area contributed by atoms with E-state index in [1.54, 1.807) is 0 Å². The Morgan fingerprint density at radius 3 is 2.21 bits per heavy atom. The van der Waals surface area contributed by atoms with Gasteiger partial charge in [-0.2, -0.15) is 0 Å². The Balaban J connectivity index is 1.83. The first kappa shape index (κ1) is 13.1. The Hall–Kier alpha value is -2.29. The quantitative estimate of drug-likeness (QED) is 0.861. The van der Waals surface area contributed by atoms with Crippen molar-refractivity contribution in [2.75, 3.05) is 5.32 Å². The number of anilines is 1. The molecule has 2 aromatic carbocycles.